The Balaban J connectivity index is 1.96. The van der Waals surface area contributed by atoms with E-state index in [4.69, 9.17) is 0 Å². The average molecular weight is 351 g/mol. The highest BCUT2D eigenvalue weighted by atomic mass is 32.2. The van der Waals surface area contributed by atoms with Gasteiger partial charge < -0.3 is 9.47 Å². The molecule has 1 aliphatic heterocycles. The van der Waals surface area contributed by atoms with Crippen LogP contribution >= 0.6 is 0 Å². The van der Waals surface area contributed by atoms with E-state index in [1.807, 2.05) is 13.8 Å². The first-order valence-electron chi connectivity index (χ1n) is 8.00. The van der Waals surface area contributed by atoms with Gasteiger partial charge in [0.1, 0.15) is 0 Å². The second-order valence-corrected chi connectivity index (χ2v) is 8.02. The molecular weight excluding hydrogens is 330 g/mol. The third-order valence-corrected chi connectivity index (χ3v) is 5.93. The molecule has 1 aliphatic rings. The second kappa shape index (κ2) is 6.39. The Morgan fingerprint density at radius 3 is 2.79 bits per heavy atom. The number of nitrogens with zero attached hydrogens (tertiary/aromatic N) is 5. The van der Waals surface area contributed by atoms with Crippen LogP contribution in [0.3, 0.4) is 0 Å². The van der Waals surface area contributed by atoms with Crippen molar-refractivity contribution in [2.75, 3.05) is 18.1 Å². The molecule has 2 aromatic rings. The van der Waals surface area contributed by atoms with Gasteiger partial charge in [-0.2, -0.15) is 5.10 Å². The molecule has 0 radical (unpaired) electrons. The van der Waals surface area contributed by atoms with E-state index in [2.05, 4.69) is 10.1 Å². The average Bonchev–Trinajstić information content (AvgIpc) is 3.22. The Morgan fingerprint density at radius 2 is 2.12 bits per heavy atom. The molecule has 1 fully saturated rings. The van der Waals surface area contributed by atoms with E-state index in [1.54, 1.807) is 38.9 Å². The molecule has 24 heavy (non-hydrogen) atoms. The molecule has 0 bridgehead atoms. The van der Waals surface area contributed by atoms with Crippen molar-refractivity contribution in [3.8, 4) is 0 Å². The van der Waals surface area contributed by atoms with Gasteiger partial charge in [0, 0.05) is 43.8 Å². The van der Waals surface area contributed by atoms with Gasteiger partial charge >= 0.3 is 0 Å². The number of sulfone groups is 1. The number of hydrogen-bond acceptors (Lipinski definition) is 5. The SMILES string of the molecule is CCn1cc(C2CS(=O)(=O)CCN2C(=O)c2nccn2CC)cn1. The van der Waals surface area contributed by atoms with Crippen LogP contribution < -0.4 is 0 Å². The lowest BCUT2D eigenvalue weighted by atomic mass is 10.1. The van der Waals surface area contributed by atoms with Crippen LogP contribution in [0.25, 0.3) is 0 Å². The molecule has 3 rings (SSSR count). The molecule has 0 N–H and O–H groups in total. The second-order valence-electron chi connectivity index (χ2n) is 5.79. The maximum absolute atomic E-state index is 12.9. The summed E-state index contributed by atoms with van der Waals surface area (Å²) in [7, 11) is -3.19. The van der Waals surface area contributed by atoms with Crippen molar-refractivity contribution in [3.05, 3.63) is 36.2 Å². The topological polar surface area (TPSA) is 90.1 Å². The van der Waals surface area contributed by atoms with Gasteiger partial charge in [-0.15, -0.1) is 0 Å². The normalized spacial score (nSPS) is 20.2. The third-order valence-electron chi connectivity index (χ3n) is 4.30. The lowest BCUT2D eigenvalue weighted by Crippen LogP contribution is -2.46. The molecule has 2 aromatic heterocycles. The molecule has 1 saturated heterocycles. The van der Waals surface area contributed by atoms with Gasteiger partial charge in [-0.05, 0) is 13.8 Å². The number of imidazole rings is 1. The summed E-state index contributed by atoms with van der Waals surface area (Å²) >= 11 is 0. The Bertz CT molecular complexity index is 839. The Hall–Kier alpha value is -2.16. The molecule has 130 valence electrons. The number of aryl methyl sites for hydroxylation is 2. The Labute approximate surface area is 141 Å². The number of carbonyl (C=O) groups is 1. The number of amides is 1. The zero-order valence-corrected chi connectivity index (χ0v) is 14.6. The van der Waals surface area contributed by atoms with Crippen molar-refractivity contribution in [1.82, 2.24) is 24.2 Å². The minimum atomic E-state index is -3.19. The van der Waals surface area contributed by atoms with Crippen molar-refractivity contribution in [3.63, 3.8) is 0 Å². The highest BCUT2D eigenvalue weighted by Crippen LogP contribution is 2.28. The van der Waals surface area contributed by atoms with Gasteiger partial charge in [0.05, 0.1) is 23.7 Å². The van der Waals surface area contributed by atoms with Gasteiger partial charge in [0.2, 0.25) is 0 Å². The monoisotopic (exact) mass is 351 g/mol. The summed E-state index contributed by atoms with van der Waals surface area (Å²) in [5.74, 6) is -0.0130. The van der Waals surface area contributed by atoms with Crippen LogP contribution in [-0.4, -0.2) is 56.6 Å². The molecule has 1 unspecified atom stereocenters. The van der Waals surface area contributed by atoms with Crippen LogP contribution in [0, 0.1) is 0 Å². The molecule has 0 aliphatic carbocycles. The lowest BCUT2D eigenvalue weighted by molar-refractivity contribution is 0.0680. The zero-order valence-electron chi connectivity index (χ0n) is 13.8. The van der Waals surface area contributed by atoms with E-state index in [0.717, 1.165) is 5.56 Å². The van der Waals surface area contributed by atoms with E-state index in [0.29, 0.717) is 18.9 Å². The van der Waals surface area contributed by atoms with Crippen LogP contribution in [0.1, 0.15) is 36.1 Å². The van der Waals surface area contributed by atoms with E-state index in [9.17, 15) is 13.2 Å². The predicted molar refractivity (Wildman–Crippen MR) is 88.2 cm³/mol. The van der Waals surface area contributed by atoms with Crippen LogP contribution in [0.4, 0.5) is 0 Å². The smallest absolute Gasteiger partial charge is 0.290 e. The predicted octanol–water partition coefficient (Wildman–Crippen LogP) is 0.731. The van der Waals surface area contributed by atoms with E-state index in [1.165, 1.54) is 0 Å². The number of rotatable bonds is 4. The fourth-order valence-electron chi connectivity index (χ4n) is 2.94. The first kappa shape index (κ1) is 16.7. The zero-order chi connectivity index (χ0) is 17.3. The summed E-state index contributed by atoms with van der Waals surface area (Å²) in [6.07, 6.45) is 6.78. The summed E-state index contributed by atoms with van der Waals surface area (Å²) < 4.78 is 27.7. The molecule has 1 atom stereocenters. The summed E-state index contributed by atoms with van der Waals surface area (Å²) in [4.78, 5) is 18.7. The molecule has 3 heterocycles. The van der Waals surface area contributed by atoms with Gasteiger partial charge in [-0.3, -0.25) is 9.48 Å². The molecule has 8 nitrogen and oxygen atoms in total. The van der Waals surface area contributed by atoms with Gasteiger partial charge in [-0.1, -0.05) is 0 Å². The minimum Gasteiger partial charge on any atom is -0.327 e. The first-order chi connectivity index (χ1) is 11.4. The van der Waals surface area contributed by atoms with Crippen LogP contribution in [0.5, 0.6) is 0 Å². The highest BCUT2D eigenvalue weighted by Gasteiger charge is 2.37. The van der Waals surface area contributed by atoms with Crippen LogP contribution in [0.2, 0.25) is 0 Å². The van der Waals surface area contributed by atoms with E-state index >= 15 is 0 Å². The molecular formula is C15H21N5O3S. The van der Waals surface area contributed by atoms with Crippen molar-refractivity contribution in [2.24, 2.45) is 0 Å². The quantitative estimate of drug-likeness (QED) is 0.810. The van der Waals surface area contributed by atoms with Gasteiger partial charge in [0.15, 0.2) is 15.7 Å². The molecule has 0 aromatic carbocycles. The first-order valence-corrected chi connectivity index (χ1v) is 9.82. The minimum absolute atomic E-state index is 0.0238. The molecule has 9 heteroatoms. The molecule has 1 amide bonds. The third kappa shape index (κ3) is 3.08. The molecule has 0 spiro atoms. The lowest BCUT2D eigenvalue weighted by Gasteiger charge is -2.34. The van der Waals surface area contributed by atoms with Crippen molar-refractivity contribution >= 4 is 15.7 Å². The number of hydrogen-bond donors (Lipinski definition) is 0. The summed E-state index contributed by atoms with van der Waals surface area (Å²) in [6.45, 7) is 5.37. The fraction of sp³-hybridized carbons (Fsp3) is 0.533. The summed E-state index contributed by atoms with van der Waals surface area (Å²) in [5.41, 5.74) is 0.739. The van der Waals surface area contributed by atoms with Crippen molar-refractivity contribution < 1.29 is 13.2 Å². The van der Waals surface area contributed by atoms with Crippen LogP contribution in [0.15, 0.2) is 24.8 Å². The van der Waals surface area contributed by atoms with Gasteiger partial charge in [-0.25, -0.2) is 13.4 Å². The van der Waals surface area contributed by atoms with E-state index in [-0.39, 0.29) is 24.0 Å². The standard InChI is InChI=1S/C15H21N5O3S/c1-3-18-6-5-16-14(18)15(21)20-7-8-24(22,23)11-13(20)12-9-17-19(4-2)10-12/h5-6,9-10,13H,3-4,7-8,11H2,1-2H3. The Morgan fingerprint density at radius 1 is 1.33 bits per heavy atom. The highest BCUT2D eigenvalue weighted by molar-refractivity contribution is 7.91. The largest absolute Gasteiger partial charge is 0.327 e. The Kier molecular flexibility index (Phi) is 4.44. The summed E-state index contributed by atoms with van der Waals surface area (Å²) in [5, 5.41) is 4.21. The molecule has 0 saturated carbocycles. The van der Waals surface area contributed by atoms with Crippen molar-refractivity contribution in [2.45, 2.75) is 33.0 Å². The summed E-state index contributed by atoms with van der Waals surface area (Å²) in [6, 6.07) is -0.529. The maximum atomic E-state index is 12.9. The maximum Gasteiger partial charge on any atom is 0.290 e. The van der Waals surface area contributed by atoms with Crippen molar-refractivity contribution in [1.29, 1.82) is 0 Å². The fourth-order valence-corrected chi connectivity index (χ4v) is 4.44. The van der Waals surface area contributed by atoms with E-state index < -0.39 is 15.9 Å². The number of carbonyl (C=O) groups excluding carboxylic acids is 1. The van der Waals surface area contributed by atoms with Crippen LogP contribution in [-0.2, 0) is 22.9 Å². The number of aromatic nitrogens is 4. The van der Waals surface area contributed by atoms with Gasteiger partial charge in [0.25, 0.3) is 5.91 Å².